The minimum atomic E-state index is -1.47. The molecule has 0 radical (unpaired) electrons. The number of rotatable bonds is 11. The second kappa shape index (κ2) is 14.2. The van der Waals surface area contributed by atoms with Gasteiger partial charge in [-0.3, -0.25) is 28.8 Å². The summed E-state index contributed by atoms with van der Waals surface area (Å²) in [6, 6.07) is 0. The summed E-state index contributed by atoms with van der Waals surface area (Å²) in [6.45, 7) is 5.50. The van der Waals surface area contributed by atoms with Crippen LogP contribution in [0.2, 0.25) is 0 Å². The number of hydrogen-bond donors (Lipinski definition) is 0. The van der Waals surface area contributed by atoms with E-state index in [9.17, 15) is 28.8 Å². The summed E-state index contributed by atoms with van der Waals surface area (Å²) in [5.41, 5.74) is 0. The van der Waals surface area contributed by atoms with Gasteiger partial charge in [0.25, 0.3) is 0 Å². The van der Waals surface area contributed by atoms with Crippen molar-refractivity contribution in [1.29, 1.82) is 0 Å². The second-order valence-corrected chi connectivity index (χ2v) is 7.44. The van der Waals surface area contributed by atoms with Gasteiger partial charge in [-0.1, -0.05) is 0 Å². The van der Waals surface area contributed by atoms with Crippen LogP contribution in [0.25, 0.3) is 0 Å². The first-order valence-electron chi connectivity index (χ1n) is 10.5. The zero-order chi connectivity index (χ0) is 26.7. The van der Waals surface area contributed by atoms with E-state index in [4.69, 9.17) is 37.9 Å². The smallest absolute Gasteiger partial charge is 0.303 e. The molecule has 0 unspecified atom stereocenters. The first kappa shape index (κ1) is 29.8. The molecular weight excluding hydrogens is 476 g/mol. The molecule has 0 aromatic rings. The molecule has 1 rings (SSSR count). The highest BCUT2D eigenvalue weighted by atomic mass is 16.7. The lowest BCUT2D eigenvalue weighted by atomic mass is 9.98. The Hall–Kier alpha value is -3.26. The predicted octanol–water partition coefficient (Wildman–Crippen LogP) is -0.419. The molecule has 14 nitrogen and oxygen atoms in total. The summed E-state index contributed by atoms with van der Waals surface area (Å²) in [5, 5.41) is 0. The highest BCUT2D eigenvalue weighted by Gasteiger charge is 2.53. The van der Waals surface area contributed by atoms with Crippen LogP contribution in [0.3, 0.4) is 0 Å². The van der Waals surface area contributed by atoms with Crippen molar-refractivity contribution < 1.29 is 66.7 Å². The maximum Gasteiger partial charge on any atom is 0.303 e. The van der Waals surface area contributed by atoms with E-state index in [0.717, 1.165) is 41.5 Å². The summed E-state index contributed by atoms with van der Waals surface area (Å²) in [7, 11) is 0. The Morgan fingerprint density at radius 2 is 1.14 bits per heavy atom. The van der Waals surface area contributed by atoms with Crippen molar-refractivity contribution in [2.75, 3.05) is 19.8 Å². The van der Waals surface area contributed by atoms with Crippen LogP contribution >= 0.6 is 0 Å². The van der Waals surface area contributed by atoms with Gasteiger partial charge in [0.05, 0.1) is 6.61 Å². The minimum absolute atomic E-state index is 0.347. The van der Waals surface area contributed by atoms with Crippen LogP contribution in [-0.2, 0) is 66.7 Å². The van der Waals surface area contributed by atoms with Crippen molar-refractivity contribution in [3.8, 4) is 0 Å². The molecule has 1 heterocycles. The summed E-state index contributed by atoms with van der Waals surface area (Å²) in [5.74, 6) is -4.37. The zero-order valence-electron chi connectivity index (χ0n) is 20.3. The maximum absolute atomic E-state index is 11.8. The van der Waals surface area contributed by atoms with E-state index in [-0.39, 0.29) is 6.61 Å². The Labute approximate surface area is 201 Å². The molecule has 1 aliphatic rings. The molecule has 0 aliphatic carbocycles. The van der Waals surface area contributed by atoms with E-state index < -0.39 is 85.8 Å². The molecule has 0 amide bonds. The normalized spacial score (nSPS) is 24.3. The average Bonchev–Trinajstić information content (AvgIpc) is 2.70. The molecule has 0 bridgehead atoms. The van der Waals surface area contributed by atoms with Crippen LogP contribution < -0.4 is 0 Å². The van der Waals surface area contributed by atoms with Crippen molar-refractivity contribution in [2.24, 2.45) is 0 Å². The number of carbonyl (C=O) groups is 6. The lowest BCUT2D eigenvalue weighted by Crippen LogP contribution is -2.63. The van der Waals surface area contributed by atoms with Gasteiger partial charge in [-0.25, -0.2) is 0 Å². The fraction of sp³-hybridized carbons (Fsp3) is 0.714. The molecule has 6 atom stereocenters. The highest BCUT2D eigenvalue weighted by Crippen LogP contribution is 2.30. The monoisotopic (exact) mass is 506 g/mol. The van der Waals surface area contributed by atoms with Gasteiger partial charge in [-0.05, 0) is 0 Å². The number of carbonyl (C=O) groups excluding carboxylic acids is 6. The molecular formula is C21H30O14. The first-order chi connectivity index (χ1) is 16.3. The number of hydrogen-bond acceptors (Lipinski definition) is 14. The summed E-state index contributed by atoms with van der Waals surface area (Å²) in [4.78, 5) is 69.2. The number of ether oxygens (including phenoxy) is 8. The Morgan fingerprint density at radius 3 is 1.63 bits per heavy atom. The molecule has 35 heavy (non-hydrogen) atoms. The van der Waals surface area contributed by atoms with Gasteiger partial charge in [-0.15, -0.1) is 0 Å². The van der Waals surface area contributed by atoms with Crippen molar-refractivity contribution in [3.63, 3.8) is 0 Å². The SMILES string of the molecule is CC(=O)OC[C@H](CO[C@@H]1O[C@@H](COC(C)=O)[C@@H](OC(C)=O)[C@@H](OC(C)=O)[C@@H]1OC(C)=O)OC(C)=O. The predicted molar refractivity (Wildman–Crippen MR) is 110 cm³/mol. The largest absolute Gasteiger partial charge is 0.463 e. The fourth-order valence-corrected chi connectivity index (χ4v) is 3.09. The van der Waals surface area contributed by atoms with E-state index in [1.54, 1.807) is 0 Å². The molecule has 0 saturated carbocycles. The molecule has 0 spiro atoms. The topological polar surface area (TPSA) is 176 Å². The Bertz CT molecular complexity index is 793. The summed E-state index contributed by atoms with van der Waals surface area (Å²) < 4.78 is 42.1. The third-order valence-electron chi connectivity index (χ3n) is 4.20. The van der Waals surface area contributed by atoms with Crippen LogP contribution in [0.5, 0.6) is 0 Å². The van der Waals surface area contributed by atoms with E-state index in [1.807, 2.05) is 0 Å². The maximum atomic E-state index is 11.8. The van der Waals surface area contributed by atoms with Gasteiger partial charge in [0.1, 0.15) is 19.3 Å². The van der Waals surface area contributed by atoms with Crippen molar-refractivity contribution in [3.05, 3.63) is 0 Å². The first-order valence-corrected chi connectivity index (χ1v) is 10.5. The van der Waals surface area contributed by atoms with Crippen molar-refractivity contribution in [2.45, 2.75) is 78.4 Å². The quantitative estimate of drug-likeness (QED) is 0.261. The van der Waals surface area contributed by atoms with E-state index in [1.165, 1.54) is 0 Å². The van der Waals surface area contributed by atoms with Gasteiger partial charge in [0.2, 0.25) is 0 Å². The lowest BCUT2D eigenvalue weighted by Gasteiger charge is -2.44. The highest BCUT2D eigenvalue weighted by molar-refractivity contribution is 5.69. The molecule has 1 fully saturated rings. The van der Waals surface area contributed by atoms with Gasteiger partial charge in [0.15, 0.2) is 30.7 Å². The molecule has 0 aromatic carbocycles. The zero-order valence-corrected chi connectivity index (χ0v) is 20.3. The standard InChI is InChI=1S/C21H30O14/c1-10(22)28-7-16(31-12(3)24)8-30-21-20(34-15(6)27)19(33-14(5)26)18(32-13(4)25)17(35-21)9-29-11(2)23/h16-21H,7-9H2,1-6H3/t16-,17+,18-,19-,20+,21-/m1/s1. The fourth-order valence-electron chi connectivity index (χ4n) is 3.09. The Kier molecular flexibility index (Phi) is 12.1. The molecule has 1 aliphatic heterocycles. The van der Waals surface area contributed by atoms with E-state index in [0.29, 0.717) is 0 Å². The van der Waals surface area contributed by atoms with Crippen LogP contribution in [-0.4, -0.2) is 92.4 Å². The average molecular weight is 506 g/mol. The third-order valence-corrected chi connectivity index (χ3v) is 4.20. The molecule has 0 N–H and O–H groups in total. The van der Waals surface area contributed by atoms with Crippen LogP contribution in [0.1, 0.15) is 41.5 Å². The van der Waals surface area contributed by atoms with Crippen molar-refractivity contribution in [1.82, 2.24) is 0 Å². The van der Waals surface area contributed by atoms with Gasteiger partial charge < -0.3 is 37.9 Å². The minimum Gasteiger partial charge on any atom is -0.463 e. The van der Waals surface area contributed by atoms with Crippen LogP contribution in [0, 0.1) is 0 Å². The molecule has 198 valence electrons. The second-order valence-electron chi connectivity index (χ2n) is 7.44. The Morgan fingerprint density at radius 1 is 0.629 bits per heavy atom. The van der Waals surface area contributed by atoms with Crippen LogP contribution in [0.15, 0.2) is 0 Å². The van der Waals surface area contributed by atoms with Crippen molar-refractivity contribution >= 4 is 35.8 Å². The summed E-state index contributed by atoms with van der Waals surface area (Å²) >= 11 is 0. The van der Waals surface area contributed by atoms with E-state index in [2.05, 4.69) is 0 Å². The van der Waals surface area contributed by atoms with Crippen LogP contribution in [0.4, 0.5) is 0 Å². The molecule has 1 saturated heterocycles. The lowest BCUT2D eigenvalue weighted by molar-refractivity contribution is -0.311. The molecule has 0 aromatic heterocycles. The summed E-state index contributed by atoms with van der Waals surface area (Å²) in [6.07, 6.45) is -7.94. The van der Waals surface area contributed by atoms with Gasteiger partial charge in [0, 0.05) is 41.5 Å². The number of esters is 6. The van der Waals surface area contributed by atoms with Gasteiger partial charge in [-0.2, -0.15) is 0 Å². The third kappa shape index (κ3) is 11.1. The van der Waals surface area contributed by atoms with Gasteiger partial charge >= 0.3 is 35.8 Å². The van der Waals surface area contributed by atoms with E-state index >= 15 is 0 Å². The Balaban J connectivity index is 3.27. The molecule has 14 heteroatoms.